The second-order valence-electron chi connectivity index (χ2n) is 7.21. The number of aromatic nitrogens is 1. The molecule has 1 aromatic heterocycles. The van der Waals surface area contributed by atoms with Crippen molar-refractivity contribution in [3.05, 3.63) is 65.9 Å². The average Bonchev–Trinajstić information content (AvgIpc) is 3.39. The third kappa shape index (κ3) is 4.05. The Hall–Kier alpha value is -3.61. The minimum absolute atomic E-state index is 0.0125. The van der Waals surface area contributed by atoms with Crippen molar-refractivity contribution in [3.63, 3.8) is 0 Å². The number of carbonyl (C=O) groups excluding carboxylic acids is 2. The molecule has 1 fully saturated rings. The number of para-hydroxylation sites is 1. The first-order valence-electron chi connectivity index (χ1n) is 9.68. The molecule has 1 aliphatic heterocycles. The summed E-state index contributed by atoms with van der Waals surface area (Å²) >= 11 is 0. The minimum atomic E-state index is -0.498. The summed E-state index contributed by atoms with van der Waals surface area (Å²) in [4.78, 5) is 26.6. The lowest BCUT2D eigenvalue weighted by Gasteiger charge is -2.18. The summed E-state index contributed by atoms with van der Waals surface area (Å²) in [5.74, 6) is 0.280. The van der Waals surface area contributed by atoms with Gasteiger partial charge in [-0.2, -0.15) is 0 Å². The van der Waals surface area contributed by atoms with Gasteiger partial charge in [0, 0.05) is 30.3 Å². The van der Waals surface area contributed by atoms with Gasteiger partial charge in [0.05, 0.1) is 13.0 Å². The van der Waals surface area contributed by atoms with Crippen molar-refractivity contribution in [2.24, 2.45) is 5.92 Å². The maximum Gasteiger partial charge on any atom is 0.311 e. The van der Waals surface area contributed by atoms with Gasteiger partial charge in [0.15, 0.2) is 5.76 Å². The zero-order valence-corrected chi connectivity index (χ0v) is 16.8. The van der Waals surface area contributed by atoms with Crippen LogP contribution in [0.1, 0.15) is 17.7 Å². The van der Waals surface area contributed by atoms with Gasteiger partial charge in [-0.1, -0.05) is 35.5 Å². The molecule has 4 rings (SSSR count). The van der Waals surface area contributed by atoms with Crippen LogP contribution >= 0.6 is 0 Å². The van der Waals surface area contributed by atoms with Gasteiger partial charge in [-0.05, 0) is 30.7 Å². The molecule has 0 radical (unpaired) electrons. The molecule has 2 aromatic carbocycles. The fraction of sp³-hybridized carbons (Fsp3) is 0.261. The van der Waals surface area contributed by atoms with Crippen LogP contribution in [0.4, 0.5) is 5.69 Å². The van der Waals surface area contributed by atoms with Gasteiger partial charge in [-0.15, -0.1) is 0 Å². The summed E-state index contributed by atoms with van der Waals surface area (Å²) in [5, 5.41) is 3.97. The third-order valence-electron chi connectivity index (χ3n) is 5.14. The van der Waals surface area contributed by atoms with Gasteiger partial charge >= 0.3 is 5.97 Å². The Kier molecular flexibility index (Phi) is 5.52. The van der Waals surface area contributed by atoms with Crippen molar-refractivity contribution in [2.75, 3.05) is 18.6 Å². The molecule has 0 bridgehead atoms. The molecule has 1 unspecified atom stereocenters. The lowest BCUT2D eigenvalue weighted by Crippen LogP contribution is -2.27. The van der Waals surface area contributed by atoms with Gasteiger partial charge in [-0.25, -0.2) is 0 Å². The molecule has 2 heterocycles. The summed E-state index contributed by atoms with van der Waals surface area (Å²) in [6.07, 6.45) is 0.140. The van der Waals surface area contributed by atoms with Gasteiger partial charge in [0.2, 0.25) is 5.91 Å². The van der Waals surface area contributed by atoms with Crippen LogP contribution in [0.25, 0.3) is 11.3 Å². The second kappa shape index (κ2) is 8.41. The SMILES string of the molecule is COc1cccc(-c2cc(COC(=O)C3CC(=O)N(c4ccccc4C)C3)no2)c1. The monoisotopic (exact) mass is 406 g/mol. The van der Waals surface area contributed by atoms with E-state index in [0.29, 0.717) is 23.7 Å². The molecular weight excluding hydrogens is 384 g/mol. The second-order valence-corrected chi connectivity index (χ2v) is 7.21. The highest BCUT2D eigenvalue weighted by atomic mass is 16.5. The molecule has 30 heavy (non-hydrogen) atoms. The average molecular weight is 406 g/mol. The number of hydrogen-bond acceptors (Lipinski definition) is 6. The molecule has 3 aromatic rings. The first kappa shape index (κ1) is 19.7. The van der Waals surface area contributed by atoms with Gasteiger partial charge in [0.25, 0.3) is 0 Å². The van der Waals surface area contributed by atoms with Crippen molar-refractivity contribution in [2.45, 2.75) is 20.0 Å². The van der Waals surface area contributed by atoms with Crippen molar-refractivity contribution >= 4 is 17.6 Å². The molecule has 1 amide bonds. The Morgan fingerprint density at radius 3 is 2.83 bits per heavy atom. The zero-order chi connectivity index (χ0) is 21.1. The van der Waals surface area contributed by atoms with Crippen LogP contribution in [-0.4, -0.2) is 30.7 Å². The van der Waals surface area contributed by atoms with Crippen LogP contribution in [0.15, 0.2) is 59.1 Å². The third-order valence-corrected chi connectivity index (χ3v) is 5.14. The topological polar surface area (TPSA) is 81.9 Å². The quantitative estimate of drug-likeness (QED) is 0.580. The summed E-state index contributed by atoms with van der Waals surface area (Å²) in [7, 11) is 1.60. The maximum atomic E-state index is 12.5. The Bertz CT molecular complexity index is 1070. The Labute approximate surface area is 174 Å². The Morgan fingerprint density at radius 2 is 2.03 bits per heavy atom. The van der Waals surface area contributed by atoms with Crippen molar-refractivity contribution in [1.82, 2.24) is 5.16 Å². The number of esters is 1. The Balaban J connectivity index is 1.37. The first-order chi connectivity index (χ1) is 14.5. The molecule has 0 spiro atoms. The number of nitrogens with zero attached hydrogens (tertiary/aromatic N) is 2. The molecular formula is C23H22N2O5. The lowest BCUT2D eigenvalue weighted by molar-refractivity contribution is -0.149. The van der Waals surface area contributed by atoms with E-state index in [-0.39, 0.29) is 18.9 Å². The molecule has 1 atom stereocenters. The number of ether oxygens (including phenoxy) is 2. The standard InChI is InChI=1S/C23H22N2O5/c1-15-6-3-4-9-20(15)25-13-17(11-22(25)26)23(27)29-14-18-12-21(30-24-18)16-7-5-8-19(10-16)28-2/h3-10,12,17H,11,13-14H2,1-2H3. The normalized spacial score (nSPS) is 16.0. The number of aryl methyl sites for hydroxylation is 1. The fourth-order valence-corrected chi connectivity index (χ4v) is 3.52. The molecule has 0 N–H and O–H groups in total. The Morgan fingerprint density at radius 1 is 1.20 bits per heavy atom. The lowest BCUT2D eigenvalue weighted by atomic mass is 10.1. The molecule has 154 valence electrons. The predicted molar refractivity (Wildman–Crippen MR) is 110 cm³/mol. The van der Waals surface area contributed by atoms with Crippen LogP contribution in [0.5, 0.6) is 5.75 Å². The summed E-state index contributed by atoms with van der Waals surface area (Å²) in [6, 6.07) is 16.8. The van der Waals surface area contributed by atoms with Crippen LogP contribution in [0.2, 0.25) is 0 Å². The molecule has 1 saturated heterocycles. The fourth-order valence-electron chi connectivity index (χ4n) is 3.52. The number of anilines is 1. The maximum absolute atomic E-state index is 12.5. The molecule has 7 nitrogen and oxygen atoms in total. The van der Waals surface area contributed by atoms with Crippen molar-refractivity contribution in [1.29, 1.82) is 0 Å². The van der Waals surface area contributed by atoms with E-state index in [2.05, 4.69) is 5.16 Å². The van der Waals surface area contributed by atoms with E-state index in [0.717, 1.165) is 16.8 Å². The van der Waals surface area contributed by atoms with Crippen LogP contribution < -0.4 is 9.64 Å². The van der Waals surface area contributed by atoms with E-state index in [1.54, 1.807) is 18.1 Å². The molecule has 0 aliphatic carbocycles. The van der Waals surface area contributed by atoms with Crippen molar-refractivity contribution in [3.8, 4) is 17.1 Å². The number of carbonyl (C=O) groups is 2. The van der Waals surface area contributed by atoms with Crippen LogP contribution in [0.3, 0.4) is 0 Å². The smallest absolute Gasteiger partial charge is 0.311 e. The van der Waals surface area contributed by atoms with Crippen molar-refractivity contribution < 1.29 is 23.6 Å². The van der Waals surface area contributed by atoms with Crippen LogP contribution in [0, 0.1) is 12.8 Å². The van der Waals surface area contributed by atoms with Gasteiger partial charge in [-0.3, -0.25) is 9.59 Å². The number of methoxy groups -OCH3 is 1. The zero-order valence-electron chi connectivity index (χ0n) is 16.8. The van der Waals surface area contributed by atoms with Gasteiger partial charge < -0.3 is 18.9 Å². The van der Waals surface area contributed by atoms with E-state index < -0.39 is 11.9 Å². The van der Waals surface area contributed by atoms with E-state index in [1.807, 2.05) is 55.5 Å². The van der Waals surface area contributed by atoms with E-state index in [9.17, 15) is 9.59 Å². The molecule has 1 aliphatic rings. The molecule has 0 saturated carbocycles. The highest BCUT2D eigenvalue weighted by Gasteiger charge is 2.36. The van der Waals surface area contributed by atoms with Gasteiger partial charge in [0.1, 0.15) is 18.1 Å². The first-order valence-corrected chi connectivity index (χ1v) is 9.68. The minimum Gasteiger partial charge on any atom is -0.497 e. The summed E-state index contributed by atoms with van der Waals surface area (Å²) in [6.45, 7) is 2.25. The largest absolute Gasteiger partial charge is 0.497 e. The highest BCUT2D eigenvalue weighted by Crippen LogP contribution is 2.29. The van der Waals surface area contributed by atoms with E-state index in [4.69, 9.17) is 14.0 Å². The van der Waals surface area contributed by atoms with E-state index >= 15 is 0 Å². The number of hydrogen-bond donors (Lipinski definition) is 0. The molecule has 7 heteroatoms. The number of rotatable bonds is 6. The predicted octanol–water partition coefficient (Wildman–Crippen LogP) is 3.75. The van der Waals surface area contributed by atoms with E-state index in [1.165, 1.54) is 0 Å². The van der Waals surface area contributed by atoms with Crippen LogP contribution in [-0.2, 0) is 20.9 Å². The number of benzene rings is 2. The highest BCUT2D eigenvalue weighted by molar-refractivity contribution is 6.00. The summed E-state index contributed by atoms with van der Waals surface area (Å²) in [5.41, 5.74) is 3.14. The number of amides is 1. The summed E-state index contributed by atoms with van der Waals surface area (Å²) < 4.78 is 16.0.